The van der Waals surface area contributed by atoms with Gasteiger partial charge in [-0.05, 0) is 31.7 Å². The fraction of sp³-hybridized carbons (Fsp3) is 0.688. The molecule has 1 saturated heterocycles. The van der Waals surface area contributed by atoms with E-state index in [9.17, 15) is 4.79 Å². The Morgan fingerprint density at radius 2 is 2.00 bits per heavy atom. The Bertz CT molecular complexity index is 533. The molecule has 1 amide bonds. The molecule has 0 radical (unpaired) electrons. The number of carbonyl (C=O) groups excluding carboxylic acids is 1. The third kappa shape index (κ3) is 3.06. The Kier molecular flexibility index (Phi) is 4.29. The van der Waals surface area contributed by atoms with Crippen LogP contribution in [0.15, 0.2) is 12.4 Å². The molecule has 0 N–H and O–H groups in total. The molecule has 0 bridgehead atoms. The van der Waals surface area contributed by atoms with E-state index in [0.29, 0.717) is 29.8 Å². The zero-order chi connectivity index (χ0) is 15.7. The predicted molar refractivity (Wildman–Crippen MR) is 82.3 cm³/mol. The Morgan fingerprint density at radius 1 is 1.32 bits per heavy atom. The Hall–Kier alpha value is -1.69. The number of hydrogen-bond donors (Lipinski definition) is 0. The minimum absolute atomic E-state index is 0.299. The van der Waals surface area contributed by atoms with Crippen molar-refractivity contribution >= 4 is 5.91 Å². The third-order valence-corrected chi connectivity index (χ3v) is 5.11. The molecule has 1 aliphatic carbocycles. The van der Waals surface area contributed by atoms with Crippen molar-refractivity contribution in [3.63, 3.8) is 0 Å². The number of likely N-dealkylation sites (tertiary alicyclic amines) is 1. The van der Waals surface area contributed by atoms with Gasteiger partial charge in [0.1, 0.15) is 0 Å². The number of amides is 1. The first-order valence-corrected chi connectivity index (χ1v) is 7.86. The second-order valence-electron chi connectivity index (χ2n) is 6.62. The average molecular weight is 304 g/mol. The Morgan fingerprint density at radius 3 is 2.68 bits per heavy atom. The summed E-state index contributed by atoms with van der Waals surface area (Å²) >= 11 is 0. The quantitative estimate of drug-likeness (QED) is 0.836. The van der Waals surface area contributed by atoms with E-state index in [1.54, 1.807) is 7.11 Å². The first-order valence-electron chi connectivity index (χ1n) is 7.86. The van der Waals surface area contributed by atoms with Crippen molar-refractivity contribution in [2.75, 3.05) is 27.7 Å². The third-order valence-electron chi connectivity index (χ3n) is 5.11. The number of rotatable bonds is 4. The molecular weight excluding hydrogens is 280 g/mol. The lowest BCUT2D eigenvalue weighted by Crippen LogP contribution is -2.39. The van der Waals surface area contributed by atoms with Gasteiger partial charge in [0.05, 0.1) is 7.11 Å². The maximum atomic E-state index is 11.8. The molecule has 1 aliphatic heterocycles. The smallest absolute Gasteiger partial charge is 0.316 e. The summed E-state index contributed by atoms with van der Waals surface area (Å²) in [6, 6.07) is 0.941. The van der Waals surface area contributed by atoms with E-state index >= 15 is 0 Å². The molecule has 6 nitrogen and oxygen atoms in total. The standard InChI is InChI=1S/C16H24N4O2/c1-19(9-11-7-17-16(22-3)18-8-11)14-4-12-6-15(21)20(2)10-13(12)5-14/h7-8,12-14H,4-6,9-10H2,1-3H3/t12-,13+,14-/m1/s1. The zero-order valence-corrected chi connectivity index (χ0v) is 13.5. The lowest BCUT2D eigenvalue weighted by molar-refractivity contribution is -0.134. The van der Waals surface area contributed by atoms with Crippen LogP contribution in [0.3, 0.4) is 0 Å². The topological polar surface area (TPSA) is 58.6 Å². The van der Waals surface area contributed by atoms with Crippen molar-refractivity contribution in [3.05, 3.63) is 18.0 Å². The van der Waals surface area contributed by atoms with Gasteiger partial charge in [-0.25, -0.2) is 9.97 Å². The first kappa shape index (κ1) is 15.2. The highest BCUT2D eigenvalue weighted by molar-refractivity contribution is 5.77. The van der Waals surface area contributed by atoms with Crippen LogP contribution in [0.25, 0.3) is 0 Å². The number of nitrogens with zero attached hydrogens (tertiary/aromatic N) is 4. The monoisotopic (exact) mass is 304 g/mol. The maximum Gasteiger partial charge on any atom is 0.316 e. The van der Waals surface area contributed by atoms with E-state index in [0.717, 1.165) is 31.5 Å². The summed E-state index contributed by atoms with van der Waals surface area (Å²) in [4.78, 5) is 24.4. The molecular formula is C16H24N4O2. The van der Waals surface area contributed by atoms with Gasteiger partial charge < -0.3 is 9.64 Å². The maximum absolute atomic E-state index is 11.8. The van der Waals surface area contributed by atoms with Crippen LogP contribution < -0.4 is 4.74 Å². The normalized spacial score (nSPS) is 28.1. The van der Waals surface area contributed by atoms with Crippen molar-refractivity contribution in [2.45, 2.75) is 31.8 Å². The van der Waals surface area contributed by atoms with E-state index in [4.69, 9.17) is 4.74 Å². The summed E-state index contributed by atoms with van der Waals surface area (Å²) in [6.07, 6.45) is 6.66. The largest absolute Gasteiger partial charge is 0.467 e. The highest BCUT2D eigenvalue weighted by atomic mass is 16.5. The Labute approximate surface area is 131 Å². The molecule has 0 unspecified atom stereocenters. The van der Waals surface area contributed by atoms with Crippen LogP contribution in [0.1, 0.15) is 24.8 Å². The molecule has 2 heterocycles. The molecule has 0 spiro atoms. The summed E-state index contributed by atoms with van der Waals surface area (Å²) in [5, 5.41) is 0. The Balaban J connectivity index is 1.59. The average Bonchev–Trinajstić information content (AvgIpc) is 2.91. The van der Waals surface area contributed by atoms with Gasteiger partial charge in [-0.15, -0.1) is 0 Å². The van der Waals surface area contributed by atoms with Crippen molar-refractivity contribution in [3.8, 4) is 6.01 Å². The van der Waals surface area contributed by atoms with Crippen LogP contribution in [0, 0.1) is 11.8 Å². The highest BCUT2D eigenvalue weighted by Gasteiger charge is 2.41. The number of methoxy groups -OCH3 is 1. The number of carbonyl (C=O) groups is 1. The van der Waals surface area contributed by atoms with Gasteiger partial charge >= 0.3 is 6.01 Å². The lowest BCUT2D eigenvalue weighted by atomic mass is 9.88. The van der Waals surface area contributed by atoms with E-state index in [2.05, 4.69) is 21.9 Å². The SMILES string of the molecule is COc1ncc(CN(C)[C@@H]2C[C@@H]3CC(=O)N(C)C[C@@H]3C2)cn1. The van der Waals surface area contributed by atoms with Gasteiger partial charge in [-0.3, -0.25) is 9.69 Å². The highest BCUT2D eigenvalue weighted by Crippen LogP contribution is 2.40. The number of piperidine rings is 1. The summed E-state index contributed by atoms with van der Waals surface area (Å²) in [7, 11) is 5.64. The molecule has 0 aromatic carbocycles. The molecule has 22 heavy (non-hydrogen) atoms. The molecule has 3 atom stereocenters. The van der Waals surface area contributed by atoms with Crippen molar-refractivity contribution in [1.82, 2.24) is 19.8 Å². The predicted octanol–water partition coefficient (Wildman–Crippen LogP) is 1.17. The van der Waals surface area contributed by atoms with Gasteiger partial charge in [-0.2, -0.15) is 0 Å². The molecule has 1 aromatic heterocycles. The molecule has 2 aliphatic rings. The second-order valence-corrected chi connectivity index (χ2v) is 6.62. The van der Waals surface area contributed by atoms with Crippen molar-refractivity contribution in [1.29, 1.82) is 0 Å². The summed E-state index contributed by atoms with van der Waals surface area (Å²) in [5.74, 6) is 1.51. The van der Waals surface area contributed by atoms with Gasteiger partial charge in [-0.1, -0.05) is 0 Å². The second kappa shape index (κ2) is 6.20. The van der Waals surface area contributed by atoms with Crippen molar-refractivity contribution in [2.24, 2.45) is 11.8 Å². The molecule has 3 rings (SSSR count). The number of ether oxygens (including phenoxy) is 1. The lowest BCUT2D eigenvalue weighted by Gasteiger charge is -2.31. The fourth-order valence-corrected chi connectivity index (χ4v) is 3.79. The molecule has 1 aromatic rings. The van der Waals surface area contributed by atoms with Crippen LogP contribution >= 0.6 is 0 Å². The van der Waals surface area contributed by atoms with E-state index in [1.807, 2.05) is 24.3 Å². The number of hydrogen-bond acceptors (Lipinski definition) is 5. The fourth-order valence-electron chi connectivity index (χ4n) is 3.79. The molecule has 120 valence electrons. The minimum Gasteiger partial charge on any atom is -0.467 e. The van der Waals surface area contributed by atoms with E-state index in [-0.39, 0.29) is 0 Å². The molecule has 1 saturated carbocycles. The summed E-state index contributed by atoms with van der Waals surface area (Å²) in [6.45, 7) is 1.75. The van der Waals surface area contributed by atoms with E-state index < -0.39 is 0 Å². The van der Waals surface area contributed by atoms with Crippen molar-refractivity contribution < 1.29 is 9.53 Å². The van der Waals surface area contributed by atoms with Crippen LogP contribution in [0.2, 0.25) is 0 Å². The summed E-state index contributed by atoms with van der Waals surface area (Å²) < 4.78 is 4.99. The van der Waals surface area contributed by atoms with Crippen LogP contribution in [0.4, 0.5) is 0 Å². The number of fused-ring (bicyclic) bond motifs is 1. The van der Waals surface area contributed by atoms with Gasteiger partial charge in [0.15, 0.2) is 0 Å². The van der Waals surface area contributed by atoms with Crippen LogP contribution in [0.5, 0.6) is 6.01 Å². The number of aromatic nitrogens is 2. The zero-order valence-electron chi connectivity index (χ0n) is 13.5. The minimum atomic E-state index is 0.299. The van der Waals surface area contributed by atoms with Crippen LogP contribution in [-0.4, -0.2) is 59.5 Å². The summed E-state index contributed by atoms with van der Waals surface area (Å²) in [5.41, 5.74) is 1.09. The molecule has 2 fully saturated rings. The van der Waals surface area contributed by atoms with E-state index in [1.165, 1.54) is 6.42 Å². The van der Waals surface area contributed by atoms with Gasteiger partial charge in [0.25, 0.3) is 0 Å². The molecule has 6 heteroatoms. The van der Waals surface area contributed by atoms with Gasteiger partial charge in [0.2, 0.25) is 5.91 Å². The first-order chi connectivity index (χ1) is 10.6. The van der Waals surface area contributed by atoms with Gasteiger partial charge in [0, 0.05) is 50.6 Å². The van der Waals surface area contributed by atoms with Crippen LogP contribution in [-0.2, 0) is 11.3 Å².